The Morgan fingerprint density at radius 2 is 1.82 bits per heavy atom. The van der Waals surface area contributed by atoms with Crippen molar-refractivity contribution in [1.82, 2.24) is 9.62 Å². The van der Waals surface area contributed by atoms with Crippen LogP contribution in [-0.2, 0) is 16.4 Å². The molecule has 2 aromatic carbocycles. The Hall–Kier alpha value is -2.38. The summed E-state index contributed by atoms with van der Waals surface area (Å²) < 4.78 is 32.3. The highest BCUT2D eigenvalue weighted by Crippen LogP contribution is 2.22. The molecule has 0 aliphatic carbocycles. The third kappa shape index (κ3) is 4.54. The first-order chi connectivity index (χ1) is 13.4. The lowest BCUT2D eigenvalue weighted by Crippen LogP contribution is -2.46. The average Bonchev–Trinajstić information content (AvgIpc) is 2.74. The number of sulfonamides is 1. The van der Waals surface area contributed by atoms with Crippen LogP contribution in [0, 0.1) is 0 Å². The quantitative estimate of drug-likeness (QED) is 0.806. The van der Waals surface area contributed by atoms with Gasteiger partial charge in [-0.05, 0) is 55.2 Å². The predicted molar refractivity (Wildman–Crippen MR) is 108 cm³/mol. The van der Waals surface area contributed by atoms with Gasteiger partial charge in [0.05, 0.1) is 12.0 Å². The van der Waals surface area contributed by atoms with Crippen LogP contribution in [0.5, 0.6) is 5.75 Å². The Labute approximate surface area is 166 Å². The SMILES string of the molecule is CCc1ccc(S(=O)(=O)N2CCC(NC(=O)c3cccc(OC)c3)CC2)cc1. The van der Waals surface area contributed by atoms with E-state index in [2.05, 4.69) is 5.32 Å². The summed E-state index contributed by atoms with van der Waals surface area (Å²) in [5.41, 5.74) is 1.64. The van der Waals surface area contributed by atoms with Gasteiger partial charge in [0.2, 0.25) is 10.0 Å². The monoisotopic (exact) mass is 402 g/mol. The van der Waals surface area contributed by atoms with Gasteiger partial charge in [-0.1, -0.05) is 25.1 Å². The Bertz CT molecular complexity index is 918. The molecular weight excluding hydrogens is 376 g/mol. The number of ether oxygens (including phenoxy) is 1. The second-order valence-electron chi connectivity index (χ2n) is 6.88. The van der Waals surface area contributed by atoms with Gasteiger partial charge in [0.15, 0.2) is 0 Å². The minimum Gasteiger partial charge on any atom is -0.497 e. The second kappa shape index (κ2) is 8.75. The van der Waals surface area contributed by atoms with E-state index >= 15 is 0 Å². The van der Waals surface area contributed by atoms with Crippen molar-refractivity contribution in [2.24, 2.45) is 0 Å². The molecule has 0 spiro atoms. The first kappa shape index (κ1) is 20.4. The molecule has 0 unspecified atom stereocenters. The second-order valence-corrected chi connectivity index (χ2v) is 8.82. The van der Waals surface area contributed by atoms with Crippen LogP contribution in [0.3, 0.4) is 0 Å². The molecule has 2 aromatic rings. The lowest BCUT2D eigenvalue weighted by atomic mass is 10.1. The van der Waals surface area contributed by atoms with Crippen molar-refractivity contribution in [3.8, 4) is 5.75 Å². The number of nitrogens with one attached hydrogen (secondary N) is 1. The summed E-state index contributed by atoms with van der Waals surface area (Å²) in [6.45, 7) is 2.82. The van der Waals surface area contributed by atoms with Crippen molar-refractivity contribution >= 4 is 15.9 Å². The third-order valence-electron chi connectivity index (χ3n) is 5.09. The van der Waals surface area contributed by atoms with E-state index in [1.54, 1.807) is 43.5 Å². The number of rotatable bonds is 6. The number of methoxy groups -OCH3 is 1. The standard InChI is InChI=1S/C21H26N2O4S/c1-3-16-7-9-20(10-8-16)28(25,26)23-13-11-18(12-14-23)22-21(24)17-5-4-6-19(15-17)27-2/h4-10,15,18H,3,11-14H2,1-2H3,(H,22,24). The number of benzene rings is 2. The van der Waals surface area contributed by atoms with Crippen LogP contribution in [-0.4, -0.2) is 44.9 Å². The number of piperidine rings is 1. The summed E-state index contributed by atoms with van der Waals surface area (Å²) in [5.74, 6) is 0.456. The van der Waals surface area contributed by atoms with E-state index in [9.17, 15) is 13.2 Å². The van der Waals surface area contributed by atoms with E-state index in [0.29, 0.717) is 42.1 Å². The largest absolute Gasteiger partial charge is 0.497 e. The summed E-state index contributed by atoms with van der Waals surface area (Å²) >= 11 is 0. The molecule has 0 bridgehead atoms. The lowest BCUT2D eigenvalue weighted by Gasteiger charge is -2.31. The Morgan fingerprint density at radius 1 is 1.14 bits per heavy atom. The van der Waals surface area contributed by atoms with E-state index in [4.69, 9.17) is 4.74 Å². The van der Waals surface area contributed by atoms with Crippen molar-refractivity contribution in [2.75, 3.05) is 20.2 Å². The van der Waals surface area contributed by atoms with E-state index in [-0.39, 0.29) is 11.9 Å². The zero-order valence-electron chi connectivity index (χ0n) is 16.2. The highest BCUT2D eigenvalue weighted by molar-refractivity contribution is 7.89. The van der Waals surface area contributed by atoms with E-state index in [0.717, 1.165) is 12.0 Å². The fourth-order valence-corrected chi connectivity index (χ4v) is 4.79. The summed E-state index contributed by atoms with van der Waals surface area (Å²) in [6.07, 6.45) is 2.04. The molecular formula is C21H26N2O4S. The van der Waals surface area contributed by atoms with Crippen molar-refractivity contribution in [1.29, 1.82) is 0 Å². The number of hydrogen-bond donors (Lipinski definition) is 1. The molecule has 1 fully saturated rings. The molecule has 1 N–H and O–H groups in total. The van der Waals surface area contributed by atoms with Gasteiger partial charge in [0, 0.05) is 24.7 Å². The first-order valence-corrected chi connectivity index (χ1v) is 10.9. The van der Waals surface area contributed by atoms with Gasteiger partial charge in [-0.3, -0.25) is 4.79 Å². The minimum atomic E-state index is -3.50. The van der Waals surface area contributed by atoms with Gasteiger partial charge in [-0.25, -0.2) is 8.42 Å². The van der Waals surface area contributed by atoms with E-state index < -0.39 is 10.0 Å². The van der Waals surface area contributed by atoms with Crippen LogP contribution in [0.2, 0.25) is 0 Å². The smallest absolute Gasteiger partial charge is 0.251 e. The molecule has 28 heavy (non-hydrogen) atoms. The van der Waals surface area contributed by atoms with Crippen molar-refractivity contribution in [3.05, 3.63) is 59.7 Å². The number of carbonyl (C=O) groups excluding carboxylic acids is 1. The zero-order chi connectivity index (χ0) is 20.1. The fourth-order valence-electron chi connectivity index (χ4n) is 3.32. The molecule has 6 nitrogen and oxygen atoms in total. The molecule has 7 heteroatoms. The lowest BCUT2D eigenvalue weighted by molar-refractivity contribution is 0.0923. The Morgan fingerprint density at radius 3 is 2.43 bits per heavy atom. The summed E-state index contributed by atoms with van der Waals surface area (Å²) in [5, 5.41) is 3.00. The van der Waals surface area contributed by atoms with Crippen LogP contribution in [0.1, 0.15) is 35.7 Å². The minimum absolute atomic E-state index is 0.0485. The highest BCUT2D eigenvalue weighted by atomic mass is 32.2. The van der Waals surface area contributed by atoms with E-state index in [1.807, 2.05) is 19.1 Å². The Balaban J connectivity index is 1.59. The van der Waals surface area contributed by atoms with Crippen molar-refractivity contribution < 1.29 is 17.9 Å². The number of carbonyl (C=O) groups is 1. The number of hydrogen-bond acceptors (Lipinski definition) is 4. The molecule has 0 saturated carbocycles. The maximum absolute atomic E-state index is 12.8. The van der Waals surface area contributed by atoms with Crippen LogP contribution in [0.15, 0.2) is 53.4 Å². The molecule has 1 amide bonds. The molecule has 0 atom stereocenters. The number of amides is 1. The summed E-state index contributed by atoms with van der Waals surface area (Å²) in [7, 11) is -1.94. The van der Waals surface area contributed by atoms with Crippen LogP contribution >= 0.6 is 0 Å². The topological polar surface area (TPSA) is 75.7 Å². The third-order valence-corrected chi connectivity index (χ3v) is 7.00. The average molecular weight is 403 g/mol. The first-order valence-electron chi connectivity index (χ1n) is 9.48. The normalized spacial score (nSPS) is 15.9. The van der Waals surface area contributed by atoms with Gasteiger partial charge in [0.1, 0.15) is 5.75 Å². The van der Waals surface area contributed by atoms with E-state index in [1.165, 1.54) is 4.31 Å². The molecule has 1 saturated heterocycles. The summed E-state index contributed by atoms with van der Waals surface area (Å²) in [6, 6.07) is 14.0. The van der Waals surface area contributed by atoms with Gasteiger partial charge >= 0.3 is 0 Å². The van der Waals surface area contributed by atoms with Crippen molar-refractivity contribution in [3.63, 3.8) is 0 Å². The van der Waals surface area contributed by atoms with Gasteiger partial charge in [0.25, 0.3) is 5.91 Å². The molecule has 0 aromatic heterocycles. The van der Waals surface area contributed by atoms with Crippen LogP contribution < -0.4 is 10.1 Å². The fraction of sp³-hybridized carbons (Fsp3) is 0.381. The predicted octanol–water partition coefficient (Wildman–Crippen LogP) is 2.84. The molecule has 0 radical (unpaired) electrons. The number of aryl methyl sites for hydroxylation is 1. The molecule has 150 valence electrons. The molecule has 1 heterocycles. The highest BCUT2D eigenvalue weighted by Gasteiger charge is 2.30. The maximum atomic E-state index is 12.8. The van der Waals surface area contributed by atoms with Crippen molar-refractivity contribution in [2.45, 2.75) is 37.1 Å². The zero-order valence-corrected chi connectivity index (χ0v) is 17.0. The summed E-state index contributed by atoms with van der Waals surface area (Å²) in [4.78, 5) is 12.8. The maximum Gasteiger partial charge on any atom is 0.251 e. The molecule has 1 aliphatic rings. The molecule has 1 aliphatic heterocycles. The number of nitrogens with zero attached hydrogens (tertiary/aromatic N) is 1. The Kier molecular flexibility index (Phi) is 6.36. The van der Waals surface area contributed by atoms with Crippen LogP contribution in [0.25, 0.3) is 0 Å². The van der Waals surface area contributed by atoms with Gasteiger partial charge in [-0.15, -0.1) is 0 Å². The van der Waals surface area contributed by atoms with Crippen LogP contribution in [0.4, 0.5) is 0 Å². The van der Waals surface area contributed by atoms with Gasteiger partial charge in [-0.2, -0.15) is 4.31 Å². The molecule has 3 rings (SSSR count). The van der Waals surface area contributed by atoms with Gasteiger partial charge < -0.3 is 10.1 Å².